The predicted octanol–water partition coefficient (Wildman–Crippen LogP) is 9.04. The maximum atomic E-state index is 16.6. The third-order valence-electron chi connectivity index (χ3n) is 20.2. The van der Waals surface area contributed by atoms with Crippen LogP contribution in [0.25, 0.3) is 0 Å². The highest BCUT2D eigenvalue weighted by Crippen LogP contribution is 2.66. The van der Waals surface area contributed by atoms with E-state index in [9.17, 15) is 58.2 Å². The lowest BCUT2D eigenvalue weighted by Crippen LogP contribution is -2.82. The molecule has 24 nitrogen and oxygen atoms in total. The zero-order chi connectivity index (χ0) is 73.3. The van der Waals surface area contributed by atoms with Gasteiger partial charge in [0, 0.05) is 87.6 Å². The SMILES string of the molecule is CC(=O)Oc1cc2c(cc1F)C1(OC(=O)c3cc(C(=O)CCCC(=O)O[C@H]4C[C@H]5OC[C@@]5(OC(C)=O)C5C(OC(=O)c6ccccc6)[C@]6(O)C[C@H](OC(=O)[C@H](O)[C@@H](NC(=O)c7ccccc7)c7ccccc7)C(C)=C([C@@H](OC(C)=O)C(=O)[C@@]54C)C6(C)C)ccc31)c1cc(F)c(OC(C)=O)cc1O2. The average Bonchev–Trinajstić information content (AvgIpc) is 0.743. The van der Waals surface area contributed by atoms with Crippen LogP contribution in [0.1, 0.15) is 157 Å². The molecule has 6 aliphatic rings. The molecule has 3 fully saturated rings. The summed E-state index contributed by atoms with van der Waals surface area (Å²) >= 11 is 0. The number of carbonyl (C=O) groups excluding carboxylic acids is 11. The van der Waals surface area contributed by atoms with Gasteiger partial charge in [-0.3, -0.25) is 38.4 Å². The van der Waals surface area contributed by atoms with Gasteiger partial charge < -0.3 is 62.9 Å². The molecule has 3 aliphatic carbocycles. The summed E-state index contributed by atoms with van der Waals surface area (Å²) in [5, 5.41) is 29.1. The van der Waals surface area contributed by atoms with E-state index in [0.717, 1.165) is 52.0 Å². The molecule has 1 spiro atoms. The number of hydrogen-bond acceptors (Lipinski definition) is 23. The van der Waals surface area contributed by atoms with Crippen LogP contribution < -0.4 is 19.5 Å². The van der Waals surface area contributed by atoms with Gasteiger partial charge in [-0.25, -0.2) is 23.2 Å². The summed E-state index contributed by atoms with van der Waals surface area (Å²) in [6.45, 7) is 9.43. The van der Waals surface area contributed by atoms with Crippen LogP contribution in [0.3, 0.4) is 0 Å². The Labute approximate surface area is 581 Å². The molecule has 3 N–H and O–H groups in total. The van der Waals surface area contributed by atoms with E-state index in [1.54, 1.807) is 54.6 Å². The molecule has 0 aromatic heterocycles. The smallest absolute Gasteiger partial charge is 0.340 e. The molecule has 3 heterocycles. The van der Waals surface area contributed by atoms with E-state index < -0.39 is 197 Å². The van der Waals surface area contributed by atoms with Gasteiger partial charge in [0.2, 0.25) is 0 Å². The highest BCUT2D eigenvalue weighted by molar-refractivity contribution is 6.03. The van der Waals surface area contributed by atoms with Gasteiger partial charge in [-0.1, -0.05) is 92.7 Å². The number of hydrogen-bond donors (Lipinski definition) is 3. The summed E-state index contributed by atoms with van der Waals surface area (Å²) in [5.41, 5.74) is -11.4. The van der Waals surface area contributed by atoms with Gasteiger partial charge in [0.05, 0.1) is 46.2 Å². The van der Waals surface area contributed by atoms with E-state index in [2.05, 4.69) is 5.32 Å². The van der Waals surface area contributed by atoms with Gasteiger partial charge in [0.15, 0.2) is 58.1 Å². The number of carbonyl (C=O) groups is 11. The normalized spacial score (nSPS) is 24.9. The maximum Gasteiger partial charge on any atom is 0.340 e. The highest BCUT2D eigenvalue weighted by Gasteiger charge is 2.79. The van der Waals surface area contributed by atoms with Crippen molar-refractivity contribution in [3.05, 3.63) is 201 Å². The molecular formula is C76H69F2NO23. The third-order valence-corrected chi connectivity index (χ3v) is 20.2. The van der Waals surface area contributed by atoms with Crippen molar-refractivity contribution in [2.24, 2.45) is 16.7 Å². The van der Waals surface area contributed by atoms with Crippen molar-refractivity contribution in [2.75, 3.05) is 6.61 Å². The third kappa shape index (κ3) is 12.2. The van der Waals surface area contributed by atoms with E-state index >= 15 is 13.6 Å². The Kier molecular flexibility index (Phi) is 18.7. The summed E-state index contributed by atoms with van der Waals surface area (Å²) in [4.78, 5) is 154. The summed E-state index contributed by atoms with van der Waals surface area (Å²) in [6.07, 6.45) is -13.2. The zero-order valence-electron chi connectivity index (χ0n) is 56.3. The molecule has 3 aliphatic heterocycles. The minimum atomic E-state index is -2.62. The number of halogens is 2. The van der Waals surface area contributed by atoms with Gasteiger partial charge in [-0.2, -0.15) is 0 Å². The minimum Gasteiger partial charge on any atom is -0.461 e. The van der Waals surface area contributed by atoms with Crippen LogP contribution in [0.5, 0.6) is 23.0 Å². The number of rotatable bonds is 18. The molecule has 102 heavy (non-hydrogen) atoms. The first kappa shape index (κ1) is 71.0. The number of benzene rings is 6. The van der Waals surface area contributed by atoms with Gasteiger partial charge in [0.1, 0.15) is 41.5 Å². The fraction of sp³-hybridized carbons (Fsp3) is 0.355. The molecule has 1 saturated heterocycles. The Morgan fingerprint density at radius 1 is 0.667 bits per heavy atom. The average molecular weight is 1400 g/mol. The molecule has 2 saturated carbocycles. The number of aliphatic hydroxyl groups is 2. The van der Waals surface area contributed by atoms with Crippen LogP contribution in [0, 0.1) is 28.4 Å². The Morgan fingerprint density at radius 2 is 1.25 bits per heavy atom. The number of nitrogens with one attached hydrogen (secondary N) is 1. The fourth-order valence-electron chi connectivity index (χ4n) is 15.4. The number of amides is 1. The Bertz CT molecular complexity index is 4470. The van der Waals surface area contributed by atoms with Gasteiger partial charge in [0.25, 0.3) is 5.91 Å². The van der Waals surface area contributed by atoms with E-state index in [0.29, 0.717) is 0 Å². The topological polar surface area (TPSA) is 333 Å². The first-order valence-electron chi connectivity index (χ1n) is 32.7. The van der Waals surface area contributed by atoms with Crippen LogP contribution in [0.4, 0.5) is 8.78 Å². The van der Waals surface area contributed by atoms with Crippen molar-refractivity contribution in [1.29, 1.82) is 0 Å². The molecule has 6 aromatic carbocycles. The molecular weight excluding hydrogens is 1330 g/mol. The van der Waals surface area contributed by atoms with Crippen LogP contribution in [-0.2, 0) is 72.3 Å². The second kappa shape index (κ2) is 26.9. The van der Waals surface area contributed by atoms with Gasteiger partial charge >= 0.3 is 47.8 Å². The molecule has 2 bridgehead atoms. The Balaban J connectivity index is 0.877. The number of ketones is 2. The monoisotopic (exact) mass is 1400 g/mol. The first-order valence-corrected chi connectivity index (χ1v) is 32.7. The van der Waals surface area contributed by atoms with Crippen molar-refractivity contribution in [3.63, 3.8) is 0 Å². The molecule has 530 valence electrons. The van der Waals surface area contributed by atoms with Crippen molar-refractivity contribution in [1.82, 2.24) is 5.32 Å². The largest absolute Gasteiger partial charge is 0.461 e. The van der Waals surface area contributed by atoms with Crippen molar-refractivity contribution in [3.8, 4) is 23.0 Å². The van der Waals surface area contributed by atoms with E-state index in [4.69, 9.17) is 47.4 Å². The standard InChI is InChI=1S/C76H69F2NO23/c1-37-57(98-71(91)63(86)62(42-19-12-9-13-20-42)79-68(88)43-21-14-10-15-22-43)35-75(92)67(100-69(89)44-23-16-11-17-24-44)65-73(8,66(87)64(96-40(4)82)61(37)72(75,6)7)58(34-59-74(65,36-93-59)101-41(5)83)99-60(85)26-18-25-52(84)45-27-28-47-46(29-45)70(90)102-76(47)48-30-50(77)55(94-38(2)80)32-53(48)97-54-33-56(95-39(3)81)51(78)31-49(54)76/h9-17,19-24,27-33,57-59,62-65,67,86,92H,18,25-26,34-36H2,1-8H3,(H,79,88)/t57-,58-,59+,62-,63+,64+,65?,67?,73+,74-,75+/m0/s1. The molecule has 11 atom stereocenters. The van der Waals surface area contributed by atoms with E-state index in [1.165, 1.54) is 82.3 Å². The predicted molar refractivity (Wildman–Crippen MR) is 347 cm³/mol. The molecule has 0 radical (unpaired) electrons. The summed E-state index contributed by atoms with van der Waals surface area (Å²) in [6, 6.07) is 29.7. The van der Waals surface area contributed by atoms with Crippen LogP contribution in [0.15, 0.2) is 145 Å². The quantitative estimate of drug-likeness (QED) is 0.0237. The molecule has 26 heteroatoms. The number of Topliss-reactive ketones (excluding diaryl/α,β-unsaturated/α-hetero) is 2. The van der Waals surface area contributed by atoms with Crippen LogP contribution in [0.2, 0.25) is 0 Å². The minimum absolute atomic E-state index is 0.00820. The van der Waals surface area contributed by atoms with Gasteiger partial charge in [-0.15, -0.1) is 0 Å². The second-order valence-electron chi connectivity index (χ2n) is 26.8. The van der Waals surface area contributed by atoms with Crippen molar-refractivity contribution < 1.29 is 119 Å². The summed E-state index contributed by atoms with van der Waals surface area (Å²) < 4.78 is 91.6. The summed E-state index contributed by atoms with van der Waals surface area (Å²) in [7, 11) is 0. The maximum absolute atomic E-state index is 16.6. The summed E-state index contributed by atoms with van der Waals surface area (Å²) in [5.74, 6) is -16.1. The van der Waals surface area contributed by atoms with Gasteiger partial charge in [-0.05, 0) is 79.4 Å². The lowest BCUT2D eigenvalue weighted by atomic mass is 9.44. The fourth-order valence-corrected chi connectivity index (χ4v) is 15.4. The Morgan fingerprint density at radius 3 is 1.81 bits per heavy atom. The van der Waals surface area contributed by atoms with Crippen LogP contribution in [-0.4, -0.2) is 130 Å². The number of ether oxygens (including phenoxy) is 10. The highest BCUT2D eigenvalue weighted by atomic mass is 19.1. The zero-order valence-corrected chi connectivity index (χ0v) is 56.3. The molecule has 2 unspecified atom stereocenters. The molecule has 12 rings (SSSR count). The Hall–Kier alpha value is -10.8. The lowest BCUT2D eigenvalue weighted by Gasteiger charge is -2.67. The lowest BCUT2D eigenvalue weighted by molar-refractivity contribution is -0.346. The molecule has 6 aromatic rings. The van der Waals surface area contributed by atoms with Crippen molar-refractivity contribution >= 4 is 65.2 Å². The number of aliphatic hydroxyl groups excluding tert-OH is 1. The number of fused-ring (bicyclic) bond motifs is 11. The van der Waals surface area contributed by atoms with E-state index in [1.807, 2.05) is 0 Å². The van der Waals surface area contributed by atoms with Crippen LogP contribution >= 0.6 is 0 Å². The van der Waals surface area contributed by atoms with Crippen molar-refractivity contribution in [2.45, 2.75) is 147 Å². The van der Waals surface area contributed by atoms with E-state index in [-0.39, 0.29) is 73.6 Å². The number of esters is 8. The molecule has 1 amide bonds. The second-order valence-corrected chi connectivity index (χ2v) is 26.8. The first-order chi connectivity index (χ1) is 48.3.